The van der Waals surface area contributed by atoms with Gasteiger partial charge in [0, 0.05) is 25.0 Å². The lowest BCUT2D eigenvalue weighted by molar-refractivity contribution is 0.756. The Morgan fingerprint density at radius 2 is 2.00 bits per heavy atom. The number of amidine groups is 1. The first-order valence-corrected chi connectivity index (χ1v) is 7.73. The van der Waals surface area contributed by atoms with Crippen molar-refractivity contribution in [1.82, 2.24) is 19.6 Å². The monoisotopic (exact) mass is 347 g/mol. The molecule has 0 bridgehead atoms. The molecule has 0 saturated carbocycles. The zero-order chi connectivity index (χ0) is 18.7. The van der Waals surface area contributed by atoms with Crippen molar-refractivity contribution in [3.8, 4) is 23.0 Å². The number of hydrazone groups is 1. The van der Waals surface area contributed by atoms with E-state index >= 15 is 0 Å². The number of hydrogen-bond acceptors (Lipinski definition) is 6. The van der Waals surface area contributed by atoms with Crippen molar-refractivity contribution in [2.24, 2.45) is 17.9 Å². The van der Waals surface area contributed by atoms with Crippen LogP contribution < -0.4 is 11.2 Å². The fourth-order valence-corrected chi connectivity index (χ4v) is 2.42. The van der Waals surface area contributed by atoms with Gasteiger partial charge in [0.2, 0.25) is 5.71 Å². The van der Waals surface area contributed by atoms with Gasteiger partial charge < -0.3 is 5.73 Å². The van der Waals surface area contributed by atoms with Crippen molar-refractivity contribution in [2.45, 2.75) is 6.92 Å². The number of aromatic nitrogens is 4. The Morgan fingerprint density at radius 3 is 2.58 bits per heavy atom. The standard InChI is InChI=1S/C17H17N9/c1-11-14(10-25(2)23-11)15-7-8-26(24-15)13-5-3-12(4-6-13)21-22-16(9-18)17(19)20/h3-8,10,21H,1-2H3,(H3,19,20)/b22-16+. The molecule has 3 rings (SSSR count). The van der Waals surface area contributed by atoms with Gasteiger partial charge in [-0.15, -0.1) is 0 Å². The molecular formula is C17H17N9. The molecule has 2 aromatic heterocycles. The molecule has 130 valence electrons. The minimum absolute atomic E-state index is 0.169. The molecule has 0 aliphatic heterocycles. The Morgan fingerprint density at radius 1 is 1.27 bits per heavy atom. The highest BCUT2D eigenvalue weighted by Gasteiger charge is 2.10. The van der Waals surface area contributed by atoms with Gasteiger partial charge in [-0.05, 0) is 37.3 Å². The van der Waals surface area contributed by atoms with Crippen LogP contribution in [0.15, 0.2) is 47.8 Å². The summed E-state index contributed by atoms with van der Waals surface area (Å²) in [5.41, 5.74) is 12.1. The number of nitriles is 1. The molecular weight excluding hydrogens is 330 g/mol. The summed E-state index contributed by atoms with van der Waals surface area (Å²) in [7, 11) is 1.88. The molecule has 3 aromatic rings. The molecule has 9 nitrogen and oxygen atoms in total. The van der Waals surface area contributed by atoms with Gasteiger partial charge in [0.25, 0.3) is 0 Å². The van der Waals surface area contributed by atoms with Crippen molar-refractivity contribution < 1.29 is 0 Å². The third-order valence-electron chi connectivity index (χ3n) is 3.67. The third kappa shape index (κ3) is 3.44. The number of nitrogens with zero attached hydrogens (tertiary/aromatic N) is 6. The molecule has 0 unspecified atom stereocenters. The van der Waals surface area contributed by atoms with Gasteiger partial charge in [0.15, 0.2) is 5.84 Å². The highest BCUT2D eigenvalue weighted by atomic mass is 15.3. The maximum absolute atomic E-state index is 8.83. The first kappa shape index (κ1) is 16.9. The number of benzene rings is 1. The Hall–Kier alpha value is -3.93. The smallest absolute Gasteiger partial charge is 0.201 e. The van der Waals surface area contributed by atoms with Crippen LogP contribution in [0.2, 0.25) is 0 Å². The van der Waals surface area contributed by atoms with Gasteiger partial charge in [-0.2, -0.15) is 20.6 Å². The van der Waals surface area contributed by atoms with E-state index in [1.165, 1.54) is 0 Å². The van der Waals surface area contributed by atoms with Crippen molar-refractivity contribution >= 4 is 17.2 Å². The molecule has 0 amide bonds. The Balaban J connectivity index is 1.78. The second-order valence-electron chi connectivity index (χ2n) is 5.59. The lowest BCUT2D eigenvalue weighted by Crippen LogP contribution is -2.21. The Kier molecular flexibility index (Phi) is 4.49. The molecule has 0 fully saturated rings. The summed E-state index contributed by atoms with van der Waals surface area (Å²) in [6, 6.07) is 11.0. The molecule has 4 N–H and O–H groups in total. The van der Waals surface area contributed by atoms with E-state index in [4.69, 9.17) is 16.4 Å². The average molecular weight is 347 g/mol. The molecule has 0 spiro atoms. The fourth-order valence-electron chi connectivity index (χ4n) is 2.42. The number of aryl methyl sites for hydroxylation is 2. The second kappa shape index (κ2) is 6.90. The number of nitrogens with two attached hydrogens (primary N) is 1. The largest absolute Gasteiger partial charge is 0.382 e. The van der Waals surface area contributed by atoms with Crippen LogP contribution in [0.5, 0.6) is 0 Å². The summed E-state index contributed by atoms with van der Waals surface area (Å²) in [6.07, 6.45) is 3.82. The van der Waals surface area contributed by atoms with Gasteiger partial charge in [-0.25, -0.2) is 4.68 Å². The van der Waals surface area contributed by atoms with Gasteiger partial charge in [0.05, 0.1) is 22.8 Å². The topological polar surface area (TPSA) is 134 Å². The van der Waals surface area contributed by atoms with Crippen molar-refractivity contribution in [3.63, 3.8) is 0 Å². The summed E-state index contributed by atoms with van der Waals surface area (Å²) in [5, 5.41) is 28.8. The van der Waals surface area contributed by atoms with E-state index in [2.05, 4.69) is 20.7 Å². The SMILES string of the molecule is Cc1nn(C)cc1-c1ccn(-c2ccc(N/N=C(\C#N)C(=N)N)cc2)n1. The van der Waals surface area contributed by atoms with Gasteiger partial charge >= 0.3 is 0 Å². The number of hydrogen-bond donors (Lipinski definition) is 3. The van der Waals surface area contributed by atoms with Crippen molar-refractivity contribution in [1.29, 1.82) is 10.7 Å². The van der Waals surface area contributed by atoms with Crippen LogP contribution in [0.4, 0.5) is 5.69 Å². The summed E-state index contributed by atoms with van der Waals surface area (Å²) in [5.74, 6) is -0.383. The van der Waals surface area contributed by atoms with Crippen LogP contribution >= 0.6 is 0 Å². The Labute approximate surface area is 149 Å². The fraction of sp³-hybridized carbons (Fsp3) is 0.118. The lowest BCUT2D eigenvalue weighted by Gasteiger charge is -2.04. The molecule has 9 heteroatoms. The third-order valence-corrected chi connectivity index (χ3v) is 3.67. The van der Waals surface area contributed by atoms with E-state index in [0.717, 1.165) is 22.6 Å². The molecule has 0 aliphatic rings. The van der Waals surface area contributed by atoms with Crippen LogP contribution in [0.3, 0.4) is 0 Å². The van der Waals surface area contributed by atoms with E-state index in [1.807, 2.05) is 44.6 Å². The van der Waals surface area contributed by atoms with E-state index in [0.29, 0.717) is 5.69 Å². The zero-order valence-electron chi connectivity index (χ0n) is 14.3. The number of nitrogens with one attached hydrogen (secondary N) is 2. The maximum atomic E-state index is 8.83. The minimum Gasteiger partial charge on any atom is -0.382 e. The van der Waals surface area contributed by atoms with E-state index in [1.54, 1.807) is 27.6 Å². The highest BCUT2D eigenvalue weighted by Crippen LogP contribution is 2.21. The van der Waals surface area contributed by atoms with Crippen LogP contribution in [-0.2, 0) is 7.05 Å². The average Bonchev–Trinajstić information content (AvgIpc) is 3.22. The summed E-state index contributed by atoms with van der Waals surface area (Å²) in [4.78, 5) is 0. The van der Waals surface area contributed by atoms with Crippen LogP contribution in [0.1, 0.15) is 5.69 Å². The van der Waals surface area contributed by atoms with Gasteiger partial charge in [-0.3, -0.25) is 15.5 Å². The minimum atomic E-state index is -0.383. The van der Waals surface area contributed by atoms with Crippen molar-refractivity contribution in [3.05, 3.63) is 48.4 Å². The van der Waals surface area contributed by atoms with E-state index < -0.39 is 0 Å². The lowest BCUT2D eigenvalue weighted by atomic mass is 10.2. The molecule has 0 atom stereocenters. The predicted molar refractivity (Wildman–Crippen MR) is 99.1 cm³/mol. The van der Waals surface area contributed by atoms with Crippen LogP contribution in [0, 0.1) is 23.7 Å². The highest BCUT2D eigenvalue weighted by molar-refractivity contribution is 6.45. The predicted octanol–water partition coefficient (Wildman–Crippen LogP) is 1.81. The van der Waals surface area contributed by atoms with Crippen LogP contribution in [-0.4, -0.2) is 31.1 Å². The maximum Gasteiger partial charge on any atom is 0.201 e. The van der Waals surface area contributed by atoms with E-state index in [9.17, 15) is 0 Å². The number of rotatable bonds is 5. The summed E-state index contributed by atoms with van der Waals surface area (Å²) < 4.78 is 3.53. The molecule has 0 radical (unpaired) electrons. The quantitative estimate of drug-likeness (QED) is 0.367. The van der Waals surface area contributed by atoms with Gasteiger partial charge in [-0.1, -0.05) is 0 Å². The normalized spacial score (nSPS) is 11.2. The van der Waals surface area contributed by atoms with Crippen molar-refractivity contribution in [2.75, 3.05) is 5.43 Å². The van der Waals surface area contributed by atoms with Gasteiger partial charge in [0.1, 0.15) is 6.07 Å². The second-order valence-corrected chi connectivity index (χ2v) is 5.59. The first-order chi connectivity index (χ1) is 12.5. The molecule has 0 saturated heterocycles. The molecule has 26 heavy (non-hydrogen) atoms. The van der Waals surface area contributed by atoms with E-state index in [-0.39, 0.29) is 11.5 Å². The molecule has 0 aliphatic carbocycles. The van der Waals surface area contributed by atoms with Crippen LogP contribution in [0.25, 0.3) is 16.9 Å². The molecule has 1 aromatic carbocycles. The number of anilines is 1. The first-order valence-electron chi connectivity index (χ1n) is 7.73. The Bertz CT molecular complexity index is 1020. The zero-order valence-corrected chi connectivity index (χ0v) is 14.3. The molecule has 2 heterocycles. The summed E-state index contributed by atoms with van der Waals surface area (Å²) in [6.45, 7) is 1.95. The summed E-state index contributed by atoms with van der Waals surface area (Å²) >= 11 is 0.